The van der Waals surface area contributed by atoms with E-state index in [0.29, 0.717) is 23.7 Å². The first-order valence-corrected chi connectivity index (χ1v) is 10.3. The van der Waals surface area contributed by atoms with Gasteiger partial charge in [-0.05, 0) is 37.1 Å². The lowest BCUT2D eigenvalue weighted by molar-refractivity contribution is 0.168. The van der Waals surface area contributed by atoms with Crippen molar-refractivity contribution in [3.05, 3.63) is 59.4 Å². The molecule has 146 valence electrons. The van der Waals surface area contributed by atoms with Gasteiger partial charge >= 0.3 is 6.03 Å². The Balaban J connectivity index is 1.49. The molecule has 2 N–H and O–H groups in total. The number of imidazole rings is 1. The summed E-state index contributed by atoms with van der Waals surface area (Å²) in [5, 5.41) is 3.55. The Labute approximate surface area is 170 Å². The van der Waals surface area contributed by atoms with Gasteiger partial charge in [0.15, 0.2) is 0 Å². The number of hydrogen-bond acceptors (Lipinski definition) is 2. The molecule has 1 aliphatic rings. The van der Waals surface area contributed by atoms with Crippen LogP contribution in [-0.4, -0.2) is 33.5 Å². The zero-order chi connectivity index (χ0) is 19.3. The summed E-state index contributed by atoms with van der Waals surface area (Å²) in [6, 6.07) is 15.5. The van der Waals surface area contributed by atoms with Crippen molar-refractivity contribution in [1.29, 1.82) is 0 Å². The number of halogens is 1. The van der Waals surface area contributed by atoms with Crippen LogP contribution in [0.1, 0.15) is 37.9 Å². The van der Waals surface area contributed by atoms with E-state index in [2.05, 4.69) is 15.3 Å². The number of nitrogens with one attached hydrogen (secondary N) is 2. The van der Waals surface area contributed by atoms with Gasteiger partial charge in [-0.2, -0.15) is 0 Å². The van der Waals surface area contributed by atoms with Crippen LogP contribution in [0.5, 0.6) is 0 Å². The van der Waals surface area contributed by atoms with Crippen LogP contribution >= 0.6 is 11.6 Å². The van der Waals surface area contributed by atoms with Crippen LogP contribution in [0.3, 0.4) is 0 Å². The molecule has 5 nitrogen and oxygen atoms in total. The molecule has 1 saturated carbocycles. The average Bonchev–Trinajstić information content (AvgIpc) is 3.14. The van der Waals surface area contributed by atoms with Crippen LogP contribution in [0.2, 0.25) is 5.02 Å². The third-order valence-corrected chi connectivity index (χ3v) is 5.75. The SMILES string of the molecule is O=C(Nc1ccccc1Cl)N(CCc1nc2ccccc2[nH]1)C1CCCCC1. The largest absolute Gasteiger partial charge is 0.342 e. The molecule has 4 rings (SSSR count). The van der Waals surface area contributed by atoms with Gasteiger partial charge in [0.25, 0.3) is 0 Å². The summed E-state index contributed by atoms with van der Waals surface area (Å²) >= 11 is 6.23. The predicted octanol–water partition coefficient (Wildman–Crippen LogP) is 5.63. The van der Waals surface area contributed by atoms with E-state index in [1.807, 2.05) is 47.4 Å². The van der Waals surface area contributed by atoms with E-state index in [9.17, 15) is 4.79 Å². The summed E-state index contributed by atoms with van der Waals surface area (Å²) in [5.41, 5.74) is 2.64. The molecule has 0 saturated heterocycles. The van der Waals surface area contributed by atoms with Crippen LogP contribution < -0.4 is 5.32 Å². The van der Waals surface area contributed by atoms with E-state index in [1.165, 1.54) is 19.3 Å². The van der Waals surface area contributed by atoms with E-state index in [1.54, 1.807) is 6.07 Å². The lowest BCUT2D eigenvalue weighted by Gasteiger charge is -2.34. The second-order valence-electron chi connectivity index (χ2n) is 7.35. The normalized spacial score (nSPS) is 14.9. The fourth-order valence-electron chi connectivity index (χ4n) is 3.94. The Morgan fingerprint density at radius 3 is 2.64 bits per heavy atom. The number of hydrogen-bond donors (Lipinski definition) is 2. The highest BCUT2D eigenvalue weighted by Crippen LogP contribution is 2.25. The van der Waals surface area contributed by atoms with Crippen molar-refractivity contribution < 1.29 is 4.79 Å². The van der Waals surface area contributed by atoms with Gasteiger partial charge in [-0.25, -0.2) is 9.78 Å². The minimum atomic E-state index is -0.0869. The number of carbonyl (C=O) groups is 1. The summed E-state index contributed by atoms with van der Waals surface area (Å²) in [6.07, 6.45) is 6.39. The number of anilines is 1. The smallest absolute Gasteiger partial charge is 0.322 e. The summed E-state index contributed by atoms with van der Waals surface area (Å²) < 4.78 is 0. The molecule has 1 fully saturated rings. The predicted molar refractivity (Wildman–Crippen MR) is 114 cm³/mol. The summed E-state index contributed by atoms with van der Waals surface area (Å²) in [4.78, 5) is 23.1. The summed E-state index contributed by atoms with van der Waals surface area (Å²) in [7, 11) is 0. The number of nitrogens with zero attached hydrogens (tertiary/aromatic N) is 2. The van der Waals surface area contributed by atoms with Crippen molar-refractivity contribution in [2.45, 2.75) is 44.6 Å². The quantitative estimate of drug-likeness (QED) is 0.587. The first-order chi connectivity index (χ1) is 13.7. The standard InChI is InChI=1S/C22H25ClN4O/c23-17-10-4-5-11-18(17)26-22(28)27(16-8-2-1-3-9-16)15-14-21-24-19-12-6-7-13-20(19)25-21/h4-7,10-13,16H,1-3,8-9,14-15H2,(H,24,25)(H,26,28). The van der Waals surface area contributed by atoms with E-state index in [0.717, 1.165) is 29.7 Å². The van der Waals surface area contributed by atoms with Crippen molar-refractivity contribution in [1.82, 2.24) is 14.9 Å². The third-order valence-electron chi connectivity index (χ3n) is 5.42. The Hall–Kier alpha value is -2.53. The van der Waals surface area contributed by atoms with Crippen LogP contribution in [0.15, 0.2) is 48.5 Å². The first-order valence-electron chi connectivity index (χ1n) is 9.96. The molecule has 0 atom stereocenters. The molecule has 1 heterocycles. The molecule has 2 aromatic carbocycles. The van der Waals surface area contributed by atoms with Gasteiger partial charge in [0.2, 0.25) is 0 Å². The molecule has 6 heteroatoms. The lowest BCUT2D eigenvalue weighted by atomic mass is 9.94. The maximum Gasteiger partial charge on any atom is 0.322 e. The molecule has 0 bridgehead atoms. The number of benzene rings is 2. The highest BCUT2D eigenvalue weighted by Gasteiger charge is 2.26. The number of H-pyrrole nitrogens is 1. The maximum absolute atomic E-state index is 13.1. The van der Waals surface area contributed by atoms with Gasteiger partial charge in [-0.15, -0.1) is 0 Å². The molecule has 28 heavy (non-hydrogen) atoms. The van der Waals surface area contributed by atoms with E-state index < -0.39 is 0 Å². The Morgan fingerprint density at radius 1 is 1.11 bits per heavy atom. The van der Waals surface area contributed by atoms with E-state index in [4.69, 9.17) is 11.6 Å². The molecular formula is C22H25ClN4O. The van der Waals surface area contributed by atoms with Crippen molar-refractivity contribution >= 4 is 34.4 Å². The van der Waals surface area contributed by atoms with Crippen LogP contribution in [-0.2, 0) is 6.42 Å². The minimum Gasteiger partial charge on any atom is -0.342 e. The zero-order valence-electron chi connectivity index (χ0n) is 15.8. The third kappa shape index (κ3) is 4.30. The Kier molecular flexibility index (Phi) is 5.81. The number of urea groups is 1. The topological polar surface area (TPSA) is 61.0 Å². The summed E-state index contributed by atoms with van der Waals surface area (Å²) in [5.74, 6) is 0.910. The van der Waals surface area contributed by atoms with Crippen molar-refractivity contribution in [3.63, 3.8) is 0 Å². The molecule has 1 aliphatic carbocycles. The highest BCUT2D eigenvalue weighted by atomic mass is 35.5. The number of amides is 2. The molecule has 2 amide bonds. The van der Waals surface area contributed by atoms with Gasteiger partial charge in [0.1, 0.15) is 5.82 Å². The van der Waals surface area contributed by atoms with Crippen LogP contribution in [0, 0.1) is 0 Å². The average molecular weight is 397 g/mol. The second-order valence-corrected chi connectivity index (χ2v) is 7.75. The molecular weight excluding hydrogens is 372 g/mol. The lowest BCUT2D eigenvalue weighted by Crippen LogP contribution is -2.45. The van der Waals surface area contributed by atoms with E-state index >= 15 is 0 Å². The van der Waals surface area contributed by atoms with Gasteiger partial charge in [-0.1, -0.05) is 55.1 Å². The fraction of sp³-hybridized carbons (Fsp3) is 0.364. The Bertz CT molecular complexity index is 915. The molecule has 3 aromatic rings. The van der Waals surface area contributed by atoms with Gasteiger partial charge < -0.3 is 15.2 Å². The van der Waals surface area contributed by atoms with Crippen molar-refractivity contribution in [3.8, 4) is 0 Å². The Morgan fingerprint density at radius 2 is 1.86 bits per heavy atom. The van der Waals surface area contributed by atoms with Gasteiger partial charge in [0.05, 0.1) is 21.7 Å². The molecule has 0 aliphatic heterocycles. The fourth-order valence-corrected chi connectivity index (χ4v) is 4.13. The van der Waals surface area contributed by atoms with Crippen LogP contribution in [0.25, 0.3) is 11.0 Å². The second kappa shape index (κ2) is 8.65. The number of rotatable bonds is 5. The summed E-state index contributed by atoms with van der Waals surface area (Å²) in [6.45, 7) is 0.626. The molecule has 0 spiro atoms. The van der Waals surface area contributed by atoms with Crippen molar-refractivity contribution in [2.24, 2.45) is 0 Å². The molecule has 0 radical (unpaired) electrons. The number of para-hydroxylation sites is 3. The molecule has 1 aromatic heterocycles. The highest BCUT2D eigenvalue weighted by molar-refractivity contribution is 6.33. The van der Waals surface area contributed by atoms with Crippen molar-refractivity contribution in [2.75, 3.05) is 11.9 Å². The maximum atomic E-state index is 13.1. The van der Waals surface area contributed by atoms with Crippen LogP contribution in [0.4, 0.5) is 10.5 Å². The van der Waals surface area contributed by atoms with Gasteiger partial charge in [-0.3, -0.25) is 0 Å². The monoisotopic (exact) mass is 396 g/mol. The zero-order valence-corrected chi connectivity index (χ0v) is 16.6. The number of aromatic amines is 1. The number of aromatic nitrogens is 2. The number of fused-ring (bicyclic) bond motifs is 1. The van der Waals surface area contributed by atoms with Gasteiger partial charge in [0, 0.05) is 19.0 Å². The van der Waals surface area contributed by atoms with E-state index in [-0.39, 0.29) is 12.1 Å². The molecule has 0 unspecified atom stereocenters. The number of carbonyl (C=O) groups excluding carboxylic acids is 1. The first kappa shape index (κ1) is 18.8. The minimum absolute atomic E-state index is 0.0869.